The van der Waals surface area contributed by atoms with Crippen molar-refractivity contribution in [1.82, 2.24) is 0 Å². The van der Waals surface area contributed by atoms with Crippen molar-refractivity contribution in [2.45, 2.75) is 0 Å². The molecule has 2 nitrogen and oxygen atoms in total. The maximum Gasteiger partial charge on any atom is 0.0818 e. The summed E-state index contributed by atoms with van der Waals surface area (Å²) in [5.74, 6) is 0. The molecule has 7 heavy (non-hydrogen) atoms. The highest BCUT2D eigenvalue weighted by Crippen LogP contribution is 1.67. The molecule has 0 fully saturated rings. The van der Waals surface area contributed by atoms with E-state index in [1.54, 1.807) is 0 Å². The van der Waals surface area contributed by atoms with Gasteiger partial charge in [0, 0.05) is 0 Å². The number of carbonyl (C=O) groups is 1. The van der Waals surface area contributed by atoms with Crippen LogP contribution in [-0.2, 0) is 35.2 Å². The van der Waals surface area contributed by atoms with E-state index in [4.69, 9.17) is 5.11 Å². The Morgan fingerprint density at radius 2 is 2.14 bits per heavy atom. The molecule has 42 valence electrons. The molecule has 0 rings (SSSR count). The molecule has 0 saturated carbocycles. The topological polar surface area (TPSA) is 37.3 Å². The van der Waals surface area contributed by atoms with E-state index in [2.05, 4.69) is 22.4 Å². The molecule has 0 aliphatic carbocycles. The molecule has 0 aliphatic heterocycles. The van der Waals surface area contributed by atoms with Crippen molar-refractivity contribution in [3.8, 4) is 0 Å². The Labute approximate surface area is 52.4 Å². The zero-order valence-electron chi connectivity index (χ0n) is 3.29. The van der Waals surface area contributed by atoms with Crippen LogP contribution in [0.1, 0.15) is 0 Å². The molecule has 0 aromatic heterocycles. The molecular weight excluding hydrogens is 152 g/mol. The van der Waals surface area contributed by atoms with Gasteiger partial charge in [-0.3, -0.25) is 30.4 Å². The lowest BCUT2D eigenvalue weighted by molar-refractivity contribution is -0.113. The summed E-state index contributed by atoms with van der Waals surface area (Å²) in [4.78, 5) is 10.1. The monoisotopic (exact) mass is 155 g/mol. The minimum Gasteiger partial charge on any atom is -0.391 e. The van der Waals surface area contributed by atoms with Crippen LogP contribution in [0.4, 0.5) is 0 Å². The second-order valence-electron chi connectivity index (χ2n) is 0.765. The van der Waals surface area contributed by atoms with Crippen molar-refractivity contribution in [3.05, 3.63) is 0 Å². The van der Waals surface area contributed by atoms with Gasteiger partial charge in [0.15, 0.2) is 0 Å². The fourth-order valence-electron chi connectivity index (χ4n) is 0.0527. The largest absolute Gasteiger partial charge is 0.391 e. The first-order valence-electron chi connectivity index (χ1n) is 1.41. The second-order valence-corrected chi connectivity index (χ2v) is 4.32. The van der Waals surface area contributed by atoms with Gasteiger partial charge in [-0.25, -0.2) is 0 Å². The molecule has 0 radical (unpaired) electrons. The van der Waals surface area contributed by atoms with Crippen LogP contribution in [-0.4, -0.2) is 16.8 Å². The van der Waals surface area contributed by atoms with Crippen molar-refractivity contribution in [1.29, 1.82) is 0 Å². The smallest absolute Gasteiger partial charge is 0.0818 e. The summed E-state index contributed by atoms with van der Waals surface area (Å²) in [5, 5.41) is 7.59. The van der Waals surface area contributed by atoms with E-state index >= 15 is 0 Å². The van der Waals surface area contributed by atoms with E-state index in [1.807, 2.05) is 0 Å². The molecular formula is C2H3O2S3-. The van der Waals surface area contributed by atoms with Crippen LogP contribution in [0.15, 0.2) is 0 Å². The third-order valence-corrected chi connectivity index (χ3v) is 1.93. The van der Waals surface area contributed by atoms with Gasteiger partial charge in [0.25, 0.3) is 0 Å². The highest BCUT2D eigenvalue weighted by atomic mass is 33.1. The van der Waals surface area contributed by atoms with Gasteiger partial charge in [-0.05, 0) is 0 Å². The molecule has 0 saturated heterocycles. The highest BCUT2D eigenvalue weighted by molar-refractivity contribution is 8.53. The number of hydrogen-bond donors (Lipinski definition) is 1. The molecule has 0 amide bonds. The number of aliphatic hydroxyl groups excluding tert-OH is 1. The molecule has 5 heteroatoms. The summed E-state index contributed by atoms with van der Waals surface area (Å²) < 4.78 is 0. The van der Waals surface area contributed by atoms with Gasteiger partial charge < -0.3 is 9.90 Å². The lowest BCUT2D eigenvalue weighted by Crippen LogP contribution is -2.02. The fraction of sp³-hybridized carbons (Fsp3) is 0.500. The molecule has 0 aromatic rings. The van der Waals surface area contributed by atoms with E-state index in [0.29, 0.717) is 0 Å². The SMILES string of the molecule is O=C(CO)[S-](=S)=S. The van der Waals surface area contributed by atoms with E-state index < -0.39 is 19.7 Å². The van der Waals surface area contributed by atoms with Gasteiger partial charge in [0.05, 0.1) is 11.7 Å². The Morgan fingerprint density at radius 1 is 1.71 bits per heavy atom. The Balaban J connectivity index is 3.83. The number of aliphatic hydroxyl groups is 1. The molecule has 0 aliphatic rings. The first-order chi connectivity index (χ1) is 3.18. The third kappa shape index (κ3) is 3.04. The van der Waals surface area contributed by atoms with Gasteiger partial charge >= 0.3 is 0 Å². The highest BCUT2D eigenvalue weighted by Gasteiger charge is 1.78. The molecule has 1 N–H and O–H groups in total. The summed E-state index contributed by atoms with van der Waals surface area (Å²) >= 11 is 8.67. The first-order valence-corrected chi connectivity index (χ1v) is 4.49. The van der Waals surface area contributed by atoms with E-state index in [0.717, 1.165) is 0 Å². The minimum atomic E-state index is -1.08. The summed E-state index contributed by atoms with van der Waals surface area (Å²) in [6, 6.07) is 0. The van der Waals surface area contributed by atoms with E-state index in [1.165, 1.54) is 0 Å². The van der Waals surface area contributed by atoms with Crippen LogP contribution in [0.5, 0.6) is 0 Å². The van der Waals surface area contributed by atoms with Crippen LogP contribution in [0.25, 0.3) is 0 Å². The Morgan fingerprint density at radius 3 is 2.14 bits per heavy atom. The number of hydrogen-bond acceptors (Lipinski definition) is 5. The van der Waals surface area contributed by atoms with Crippen LogP contribution >= 0.6 is 0 Å². The molecule has 0 aromatic carbocycles. The lowest BCUT2D eigenvalue weighted by Gasteiger charge is -1.92. The summed E-state index contributed by atoms with van der Waals surface area (Å²) in [6.07, 6.45) is 0. The summed E-state index contributed by atoms with van der Waals surface area (Å²) in [6.45, 7) is -0.518. The van der Waals surface area contributed by atoms with E-state index in [-0.39, 0.29) is 0 Å². The normalized spacial score (nSPS) is 9.43. The van der Waals surface area contributed by atoms with Crippen LogP contribution in [0.2, 0.25) is 0 Å². The second kappa shape index (κ2) is 3.43. The van der Waals surface area contributed by atoms with Gasteiger partial charge in [-0.2, -0.15) is 0 Å². The Kier molecular flexibility index (Phi) is 3.63. The molecule has 0 spiro atoms. The standard InChI is InChI=1S/C2H3O2S3/c3-1-2(4)7(5)6/h3H,1H2/q-1. The fourth-order valence-corrected chi connectivity index (χ4v) is 0.474. The third-order valence-electron chi connectivity index (χ3n) is 0.315. The van der Waals surface area contributed by atoms with Crippen LogP contribution < -0.4 is 0 Å². The van der Waals surface area contributed by atoms with Gasteiger partial charge in [0.2, 0.25) is 0 Å². The van der Waals surface area contributed by atoms with Crippen LogP contribution in [0.3, 0.4) is 0 Å². The molecule has 0 atom stereocenters. The predicted molar refractivity (Wildman–Crippen MR) is 34.2 cm³/mol. The average Bonchev–Trinajstić information content (AvgIpc) is 1.65. The first kappa shape index (κ1) is 7.42. The van der Waals surface area contributed by atoms with Gasteiger partial charge in [-0.1, -0.05) is 0 Å². The minimum absolute atomic E-state index is 0.440. The Hall–Kier alpha value is 0.420. The zero-order valence-corrected chi connectivity index (χ0v) is 5.74. The number of rotatable bonds is 1. The van der Waals surface area contributed by atoms with Crippen molar-refractivity contribution in [3.63, 3.8) is 0 Å². The maximum absolute atomic E-state index is 10.1. The van der Waals surface area contributed by atoms with Crippen molar-refractivity contribution in [2.75, 3.05) is 6.61 Å². The Bertz CT molecular complexity index is 128. The predicted octanol–water partition coefficient (Wildman–Crippen LogP) is -0.953. The molecule has 0 heterocycles. The maximum atomic E-state index is 10.1. The van der Waals surface area contributed by atoms with Gasteiger partial charge in [0.1, 0.15) is 0 Å². The number of carbonyl (C=O) groups excluding carboxylic acids is 1. The average molecular weight is 155 g/mol. The van der Waals surface area contributed by atoms with Crippen molar-refractivity contribution in [2.24, 2.45) is 0 Å². The zero-order chi connectivity index (χ0) is 5.86. The molecule has 0 bridgehead atoms. The van der Waals surface area contributed by atoms with Crippen LogP contribution in [0, 0.1) is 0 Å². The quantitative estimate of drug-likeness (QED) is 0.495. The van der Waals surface area contributed by atoms with E-state index in [9.17, 15) is 4.79 Å². The van der Waals surface area contributed by atoms with Gasteiger partial charge in [-0.15, -0.1) is 0 Å². The lowest BCUT2D eigenvalue weighted by atomic mass is 10.8. The van der Waals surface area contributed by atoms with Crippen molar-refractivity contribution >= 4 is 35.5 Å². The molecule has 0 unspecified atom stereocenters. The van der Waals surface area contributed by atoms with Crippen molar-refractivity contribution < 1.29 is 9.90 Å². The summed E-state index contributed by atoms with van der Waals surface area (Å²) in [7, 11) is -1.08. The summed E-state index contributed by atoms with van der Waals surface area (Å²) in [5.41, 5.74) is 0.